The van der Waals surface area contributed by atoms with Gasteiger partial charge < -0.3 is 10.0 Å². The molecule has 1 aromatic heterocycles. The fourth-order valence-corrected chi connectivity index (χ4v) is 3.04. The molecule has 4 nitrogen and oxygen atoms in total. The Hall–Kier alpha value is -2.12. The number of aliphatic hydroxyl groups is 1. The van der Waals surface area contributed by atoms with Crippen LogP contribution in [0, 0.1) is 11.3 Å². The molecule has 1 N–H and O–H groups in total. The molecule has 0 spiro atoms. The number of hydrogen-bond acceptors (Lipinski definition) is 4. The van der Waals surface area contributed by atoms with Crippen LogP contribution in [0.4, 0.5) is 5.69 Å². The molecule has 3 rings (SSSR count). The predicted octanol–water partition coefficient (Wildman–Crippen LogP) is 2.85. The first-order valence-electron chi connectivity index (χ1n) is 7.36. The number of para-hydroxylation sites is 1. The predicted molar refractivity (Wildman–Crippen MR) is 83.1 cm³/mol. The van der Waals surface area contributed by atoms with Crippen LogP contribution in [0.25, 0.3) is 10.9 Å². The van der Waals surface area contributed by atoms with Crippen LogP contribution >= 0.6 is 0 Å². The number of pyridine rings is 1. The summed E-state index contributed by atoms with van der Waals surface area (Å²) in [5.74, 6) is 0. The lowest BCUT2D eigenvalue weighted by atomic mass is 9.98. The molecule has 0 radical (unpaired) electrons. The van der Waals surface area contributed by atoms with E-state index in [4.69, 9.17) is 0 Å². The van der Waals surface area contributed by atoms with E-state index in [9.17, 15) is 10.4 Å². The molecule has 0 bridgehead atoms. The molecular weight excluding hydrogens is 262 g/mol. The molecule has 21 heavy (non-hydrogen) atoms. The maximum absolute atomic E-state index is 10.3. The summed E-state index contributed by atoms with van der Waals surface area (Å²) in [6.07, 6.45) is 4.10. The first kappa shape index (κ1) is 13.8. The molecule has 1 fully saturated rings. The lowest BCUT2D eigenvalue weighted by Crippen LogP contribution is -2.29. The van der Waals surface area contributed by atoms with Gasteiger partial charge in [0, 0.05) is 24.7 Å². The zero-order chi connectivity index (χ0) is 14.9. The molecule has 1 saturated heterocycles. The summed E-state index contributed by atoms with van der Waals surface area (Å²) in [6.45, 7) is 3.51. The van der Waals surface area contributed by atoms with E-state index >= 15 is 0 Å². The number of aromatic nitrogens is 1. The van der Waals surface area contributed by atoms with Crippen LogP contribution < -0.4 is 4.90 Å². The largest absolute Gasteiger partial charge is 0.390 e. The quantitative estimate of drug-likeness (QED) is 0.873. The van der Waals surface area contributed by atoms with E-state index in [1.165, 1.54) is 0 Å². The summed E-state index contributed by atoms with van der Waals surface area (Å²) in [6, 6.07) is 10.2. The molecular formula is C17H19N3O. The van der Waals surface area contributed by atoms with Gasteiger partial charge in [0.2, 0.25) is 0 Å². The highest BCUT2D eigenvalue weighted by Gasteiger charge is 2.26. The molecule has 2 heterocycles. The summed E-state index contributed by atoms with van der Waals surface area (Å²) in [7, 11) is 0. The van der Waals surface area contributed by atoms with Crippen molar-refractivity contribution in [2.45, 2.75) is 31.8 Å². The molecule has 1 unspecified atom stereocenters. The van der Waals surface area contributed by atoms with Gasteiger partial charge in [0.15, 0.2) is 0 Å². The molecule has 2 aromatic rings. The van der Waals surface area contributed by atoms with E-state index in [0.717, 1.165) is 42.5 Å². The first-order valence-corrected chi connectivity index (χ1v) is 7.36. The van der Waals surface area contributed by atoms with Crippen LogP contribution in [0.15, 0.2) is 30.5 Å². The van der Waals surface area contributed by atoms with Crippen LogP contribution in [-0.2, 0) is 0 Å². The number of hydrogen-bond donors (Lipinski definition) is 1. The topological polar surface area (TPSA) is 60.1 Å². The van der Waals surface area contributed by atoms with Crippen LogP contribution in [0.1, 0.15) is 31.7 Å². The van der Waals surface area contributed by atoms with Crippen LogP contribution in [0.5, 0.6) is 0 Å². The zero-order valence-corrected chi connectivity index (χ0v) is 12.2. The van der Waals surface area contributed by atoms with Crippen molar-refractivity contribution in [2.75, 3.05) is 18.0 Å². The van der Waals surface area contributed by atoms with Crippen molar-refractivity contribution in [3.63, 3.8) is 0 Å². The third kappa shape index (κ3) is 2.70. The molecule has 108 valence electrons. The Balaban J connectivity index is 2.08. The molecule has 0 amide bonds. The third-order valence-corrected chi connectivity index (χ3v) is 4.25. The average Bonchev–Trinajstić information content (AvgIpc) is 2.67. The zero-order valence-electron chi connectivity index (χ0n) is 12.2. The summed E-state index contributed by atoms with van der Waals surface area (Å²) in [5.41, 5.74) is 1.86. The highest BCUT2D eigenvalue weighted by Crippen LogP contribution is 2.32. The molecule has 0 saturated carbocycles. The number of nitrogens with zero attached hydrogens (tertiary/aromatic N) is 3. The number of rotatable bonds is 1. The van der Waals surface area contributed by atoms with Gasteiger partial charge in [0.25, 0.3) is 0 Å². The van der Waals surface area contributed by atoms with Crippen LogP contribution in [-0.4, -0.2) is 28.8 Å². The van der Waals surface area contributed by atoms with Crippen molar-refractivity contribution >= 4 is 16.6 Å². The van der Waals surface area contributed by atoms with Crippen molar-refractivity contribution in [1.82, 2.24) is 4.98 Å². The summed E-state index contributed by atoms with van der Waals surface area (Å²) in [4.78, 5) is 6.59. The average molecular weight is 281 g/mol. The van der Waals surface area contributed by atoms with Gasteiger partial charge in [0.1, 0.15) is 6.07 Å². The van der Waals surface area contributed by atoms with E-state index in [0.29, 0.717) is 12.0 Å². The van der Waals surface area contributed by atoms with Crippen molar-refractivity contribution < 1.29 is 5.11 Å². The molecule has 0 aliphatic carbocycles. The normalized spacial score (nSPS) is 22.8. The maximum Gasteiger partial charge on any atom is 0.103 e. The van der Waals surface area contributed by atoms with Crippen molar-refractivity contribution in [3.05, 3.63) is 36.0 Å². The number of benzene rings is 1. The smallest absolute Gasteiger partial charge is 0.103 e. The van der Waals surface area contributed by atoms with Crippen molar-refractivity contribution in [2.24, 2.45) is 0 Å². The Bertz CT molecular complexity index is 703. The van der Waals surface area contributed by atoms with Gasteiger partial charge in [-0.1, -0.05) is 18.2 Å². The van der Waals surface area contributed by atoms with Gasteiger partial charge in [-0.15, -0.1) is 0 Å². The Morgan fingerprint density at radius 3 is 2.90 bits per heavy atom. The minimum Gasteiger partial charge on any atom is -0.390 e. The Kier molecular flexibility index (Phi) is 3.52. The third-order valence-electron chi connectivity index (χ3n) is 4.25. The fourth-order valence-electron chi connectivity index (χ4n) is 3.04. The SMILES string of the molecule is CC1(O)CCCN(c2c(C#N)cnc3ccccc23)CC1. The fraction of sp³-hybridized carbons (Fsp3) is 0.412. The van der Waals surface area contributed by atoms with Gasteiger partial charge >= 0.3 is 0 Å². The molecule has 1 aliphatic rings. The van der Waals surface area contributed by atoms with Gasteiger partial charge in [-0.25, -0.2) is 0 Å². The first-order chi connectivity index (χ1) is 10.1. The highest BCUT2D eigenvalue weighted by molar-refractivity contribution is 5.94. The van der Waals surface area contributed by atoms with Crippen LogP contribution in [0.3, 0.4) is 0 Å². The minimum absolute atomic E-state index is 0.607. The van der Waals surface area contributed by atoms with Gasteiger partial charge in [0.05, 0.1) is 22.4 Å². The number of fused-ring (bicyclic) bond motifs is 1. The van der Waals surface area contributed by atoms with E-state index in [1.54, 1.807) is 6.20 Å². The number of nitriles is 1. The Morgan fingerprint density at radius 2 is 2.10 bits per heavy atom. The molecule has 1 atom stereocenters. The Morgan fingerprint density at radius 1 is 1.29 bits per heavy atom. The van der Waals surface area contributed by atoms with Crippen LogP contribution in [0.2, 0.25) is 0 Å². The second kappa shape index (κ2) is 5.34. The standard InChI is InChI=1S/C17H19N3O/c1-17(21)7-4-9-20(10-8-17)16-13(11-18)12-19-15-6-3-2-5-14(15)16/h2-3,5-6,12,21H,4,7-10H2,1H3. The van der Waals surface area contributed by atoms with Crippen molar-refractivity contribution in [1.29, 1.82) is 5.26 Å². The summed E-state index contributed by atoms with van der Waals surface area (Å²) < 4.78 is 0. The van der Waals surface area contributed by atoms with Gasteiger partial charge in [-0.2, -0.15) is 5.26 Å². The Labute approximate surface area is 124 Å². The lowest BCUT2D eigenvalue weighted by molar-refractivity contribution is 0.0481. The summed E-state index contributed by atoms with van der Waals surface area (Å²) in [5, 5.41) is 20.7. The number of anilines is 1. The van der Waals surface area contributed by atoms with Crippen molar-refractivity contribution in [3.8, 4) is 6.07 Å². The second-order valence-electron chi connectivity index (χ2n) is 5.99. The van der Waals surface area contributed by atoms with E-state index < -0.39 is 5.60 Å². The van der Waals surface area contributed by atoms with E-state index in [1.807, 2.05) is 31.2 Å². The maximum atomic E-state index is 10.3. The summed E-state index contributed by atoms with van der Waals surface area (Å²) >= 11 is 0. The monoisotopic (exact) mass is 281 g/mol. The second-order valence-corrected chi connectivity index (χ2v) is 5.99. The molecule has 4 heteroatoms. The molecule has 1 aliphatic heterocycles. The van der Waals surface area contributed by atoms with Gasteiger partial charge in [-0.05, 0) is 32.3 Å². The lowest BCUT2D eigenvalue weighted by Gasteiger charge is -2.26. The minimum atomic E-state index is -0.607. The van der Waals surface area contributed by atoms with Gasteiger partial charge in [-0.3, -0.25) is 4.98 Å². The van der Waals surface area contributed by atoms with E-state index in [2.05, 4.69) is 16.0 Å². The van der Waals surface area contributed by atoms with E-state index in [-0.39, 0.29) is 0 Å². The highest BCUT2D eigenvalue weighted by atomic mass is 16.3. The molecule has 1 aromatic carbocycles.